The summed E-state index contributed by atoms with van der Waals surface area (Å²) in [7, 11) is 1.61. The highest BCUT2D eigenvalue weighted by molar-refractivity contribution is 5.69. The van der Waals surface area contributed by atoms with E-state index in [9.17, 15) is 9.90 Å². The van der Waals surface area contributed by atoms with Crippen LogP contribution in [0.25, 0.3) is 11.1 Å². The molecule has 0 saturated heterocycles. The van der Waals surface area contributed by atoms with Gasteiger partial charge in [-0.3, -0.25) is 4.79 Å². The van der Waals surface area contributed by atoms with E-state index in [4.69, 9.17) is 9.47 Å². The van der Waals surface area contributed by atoms with Gasteiger partial charge in [0.2, 0.25) is 5.88 Å². The number of carboxylic acid groups (broad SMARTS) is 1. The van der Waals surface area contributed by atoms with E-state index in [1.807, 2.05) is 42.6 Å². The lowest BCUT2D eigenvalue weighted by atomic mass is 9.81. The van der Waals surface area contributed by atoms with Gasteiger partial charge in [0.05, 0.1) is 13.5 Å². The van der Waals surface area contributed by atoms with Crippen LogP contribution in [0.15, 0.2) is 60.8 Å². The Morgan fingerprint density at radius 2 is 1.88 bits per heavy atom. The quantitative estimate of drug-likeness (QED) is 0.352. The average molecular weight is 462 g/mol. The Kier molecular flexibility index (Phi) is 8.32. The van der Waals surface area contributed by atoms with Crippen LogP contribution in [0.5, 0.6) is 11.6 Å². The maximum atomic E-state index is 11.3. The third-order valence-electron chi connectivity index (χ3n) is 5.94. The van der Waals surface area contributed by atoms with Gasteiger partial charge < -0.3 is 14.6 Å². The zero-order valence-electron chi connectivity index (χ0n) is 20.8. The molecule has 2 aromatic carbocycles. The third-order valence-corrected chi connectivity index (χ3v) is 5.94. The highest BCUT2D eigenvalue weighted by Crippen LogP contribution is 2.34. The van der Waals surface area contributed by atoms with Crippen molar-refractivity contribution in [1.29, 1.82) is 0 Å². The molecule has 1 atom stereocenters. The molecule has 5 nitrogen and oxygen atoms in total. The Balaban J connectivity index is 1.82. The molecular weight excluding hydrogens is 426 g/mol. The molecule has 34 heavy (non-hydrogen) atoms. The van der Waals surface area contributed by atoms with Crippen molar-refractivity contribution in [2.75, 3.05) is 7.11 Å². The van der Waals surface area contributed by atoms with Gasteiger partial charge in [-0.25, -0.2) is 4.98 Å². The minimum atomic E-state index is -0.772. The predicted octanol–water partition coefficient (Wildman–Crippen LogP) is 6.99. The van der Waals surface area contributed by atoms with Crippen LogP contribution in [0, 0.1) is 0 Å². The Hall–Kier alpha value is -3.34. The lowest BCUT2D eigenvalue weighted by Gasteiger charge is -2.24. The fourth-order valence-corrected chi connectivity index (χ4v) is 4.18. The molecule has 0 aliphatic rings. The average Bonchev–Trinajstić information content (AvgIpc) is 2.82. The first-order valence-electron chi connectivity index (χ1n) is 11.8. The maximum Gasteiger partial charge on any atom is 0.303 e. The van der Waals surface area contributed by atoms with Crippen LogP contribution in [-0.2, 0) is 16.8 Å². The van der Waals surface area contributed by atoms with Crippen molar-refractivity contribution in [2.24, 2.45) is 0 Å². The number of nitrogens with zero attached hydrogens (tertiary/aromatic N) is 1. The van der Waals surface area contributed by atoms with Crippen molar-refractivity contribution in [1.82, 2.24) is 4.98 Å². The molecule has 0 saturated carbocycles. The molecule has 0 spiro atoms. The molecule has 3 rings (SSSR count). The van der Waals surface area contributed by atoms with Crippen LogP contribution in [0.4, 0.5) is 0 Å². The third kappa shape index (κ3) is 6.60. The van der Waals surface area contributed by atoms with Crippen molar-refractivity contribution in [3.05, 3.63) is 77.5 Å². The fraction of sp³-hybridized carbons (Fsp3) is 0.379. The number of aromatic nitrogens is 1. The smallest absolute Gasteiger partial charge is 0.303 e. The number of hydrogen-bond donors (Lipinski definition) is 1. The van der Waals surface area contributed by atoms with Crippen LogP contribution in [-0.4, -0.2) is 23.2 Å². The Morgan fingerprint density at radius 3 is 2.50 bits per heavy atom. The molecule has 180 valence electrons. The second-order valence-electron chi connectivity index (χ2n) is 9.66. The minimum Gasteiger partial charge on any atom is -0.489 e. The van der Waals surface area contributed by atoms with Crippen molar-refractivity contribution >= 4 is 5.97 Å². The van der Waals surface area contributed by atoms with Crippen LogP contribution in [0.1, 0.15) is 69.6 Å². The maximum absolute atomic E-state index is 11.3. The number of hydrogen-bond acceptors (Lipinski definition) is 4. The predicted molar refractivity (Wildman–Crippen MR) is 136 cm³/mol. The molecule has 0 unspecified atom stereocenters. The van der Waals surface area contributed by atoms with Crippen molar-refractivity contribution < 1.29 is 19.4 Å². The second kappa shape index (κ2) is 11.2. The lowest BCUT2D eigenvalue weighted by Crippen LogP contribution is -2.14. The normalized spacial score (nSPS) is 12.3. The zero-order valence-corrected chi connectivity index (χ0v) is 20.8. The van der Waals surface area contributed by atoms with Crippen LogP contribution in [0.3, 0.4) is 0 Å². The van der Waals surface area contributed by atoms with Gasteiger partial charge in [-0.1, -0.05) is 64.4 Å². The molecular formula is C29H35NO4. The van der Waals surface area contributed by atoms with Gasteiger partial charge in [0.25, 0.3) is 0 Å². The molecule has 0 radical (unpaired) electrons. The van der Waals surface area contributed by atoms with Gasteiger partial charge in [-0.2, -0.15) is 0 Å². The summed E-state index contributed by atoms with van der Waals surface area (Å²) in [6.07, 6.45) is 3.75. The molecule has 3 aromatic rings. The summed E-state index contributed by atoms with van der Waals surface area (Å²) in [4.78, 5) is 15.7. The summed E-state index contributed by atoms with van der Waals surface area (Å²) in [6.45, 7) is 9.12. The van der Waals surface area contributed by atoms with Crippen molar-refractivity contribution in [2.45, 2.75) is 64.9 Å². The topological polar surface area (TPSA) is 68.7 Å². The highest BCUT2D eigenvalue weighted by atomic mass is 16.5. The number of benzene rings is 2. The first kappa shape index (κ1) is 25.3. The van der Waals surface area contributed by atoms with Crippen LogP contribution < -0.4 is 9.47 Å². The summed E-state index contributed by atoms with van der Waals surface area (Å²) >= 11 is 0. The molecule has 0 bridgehead atoms. The molecule has 1 N–H and O–H groups in total. The number of rotatable bonds is 10. The molecule has 1 aromatic heterocycles. The molecule has 1 heterocycles. The summed E-state index contributed by atoms with van der Waals surface area (Å²) in [5.74, 6) is 0.574. The van der Waals surface area contributed by atoms with E-state index in [2.05, 4.69) is 50.9 Å². The highest BCUT2D eigenvalue weighted by Gasteiger charge is 2.20. The van der Waals surface area contributed by atoms with E-state index < -0.39 is 5.97 Å². The van der Waals surface area contributed by atoms with E-state index in [1.54, 1.807) is 7.11 Å². The van der Waals surface area contributed by atoms with Crippen molar-refractivity contribution in [3.63, 3.8) is 0 Å². The number of aliphatic carboxylic acids is 1. The summed E-state index contributed by atoms with van der Waals surface area (Å²) in [5, 5.41) is 9.27. The number of ether oxygens (including phenoxy) is 2. The Morgan fingerprint density at radius 1 is 1.09 bits per heavy atom. The second-order valence-corrected chi connectivity index (χ2v) is 9.66. The number of methoxy groups -OCH3 is 1. The van der Waals surface area contributed by atoms with E-state index in [0.717, 1.165) is 40.8 Å². The number of carboxylic acids is 1. The van der Waals surface area contributed by atoms with Crippen LogP contribution >= 0.6 is 0 Å². The molecule has 0 fully saturated rings. The molecule has 0 aliphatic carbocycles. The molecule has 5 heteroatoms. The van der Waals surface area contributed by atoms with Crippen molar-refractivity contribution in [3.8, 4) is 22.8 Å². The SMILES string of the molecule is CCC[C@@H](CC(=O)O)c1cccc(OCc2ccc(-c3ccc(OC)nc3)c(C(C)(C)C)c2)c1. The number of pyridine rings is 1. The minimum absolute atomic E-state index is 0.00377. The van der Waals surface area contributed by atoms with Gasteiger partial charge in [-0.05, 0) is 58.2 Å². The summed E-state index contributed by atoms with van der Waals surface area (Å²) < 4.78 is 11.3. The summed E-state index contributed by atoms with van der Waals surface area (Å²) in [6, 6.07) is 18.2. The zero-order chi connectivity index (χ0) is 24.7. The fourth-order valence-electron chi connectivity index (χ4n) is 4.18. The van der Waals surface area contributed by atoms with Gasteiger partial charge in [-0.15, -0.1) is 0 Å². The lowest BCUT2D eigenvalue weighted by molar-refractivity contribution is -0.137. The van der Waals surface area contributed by atoms with Gasteiger partial charge in [0.15, 0.2) is 0 Å². The van der Waals surface area contributed by atoms with E-state index in [-0.39, 0.29) is 17.8 Å². The van der Waals surface area contributed by atoms with E-state index in [1.165, 1.54) is 5.56 Å². The number of carbonyl (C=O) groups is 1. The Bertz CT molecular complexity index is 1100. The first-order valence-corrected chi connectivity index (χ1v) is 11.8. The monoisotopic (exact) mass is 461 g/mol. The molecule has 0 aliphatic heterocycles. The van der Waals surface area contributed by atoms with Gasteiger partial charge >= 0.3 is 5.97 Å². The van der Waals surface area contributed by atoms with E-state index >= 15 is 0 Å². The van der Waals surface area contributed by atoms with Gasteiger partial charge in [0.1, 0.15) is 12.4 Å². The molecule has 0 amide bonds. The first-order chi connectivity index (χ1) is 16.2. The van der Waals surface area contributed by atoms with E-state index in [0.29, 0.717) is 12.5 Å². The van der Waals surface area contributed by atoms with Gasteiger partial charge in [0, 0.05) is 17.8 Å². The largest absolute Gasteiger partial charge is 0.489 e. The Labute approximate surface area is 202 Å². The van der Waals surface area contributed by atoms with Crippen LogP contribution in [0.2, 0.25) is 0 Å². The summed E-state index contributed by atoms with van der Waals surface area (Å²) in [5.41, 5.74) is 5.44. The standard InChI is InChI=1S/C29H35NO4/c1-6-8-21(17-28(31)32)22-9-7-10-24(16-22)34-19-20-11-13-25(26(15-20)29(2,3)4)23-12-14-27(33-5)30-18-23/h7,9-16,18,21H,6,8,17,19H2,1-5H3,(H,31,32)/t21-/m0/s1.